The second-order valence-electron chi connectivity index (χ2n) is 8.40. The smallest absolute Gasteiger partial charge is 0.272 e. The van der Waals surface area contributed by atoms with Crippen molar-refractivity contribution in [2.24, 2.45) is 0 Å². The van der Waals surface area contributed by atoms with E-state index in [2.05, 4.69) is 84.6 Å². The number of thioether (sulfide) groups is 2. The van der Waals surface area contributed by atoms with Gasteiger partial charge in [0.25, 0.3) is 10.6 Å². The van der Waals surface area contributed by atoms with Gasteiger partial charge in [-0.15, -0.1) is 23.1 Å². The first-order valence-electron chi connectivity index (χ1n) is 11.2. The molecule has 0 unspecified atom stereocenters. The number of aryl methyl sites for hydroxylation is 1. The van der Waals surface area contributed by atoms with E-state index in [0.717, 1.165) is 26.5 Å². The van der Waals surface area contributed by atoms with Gasteiger partial charge in [-0.3, -0.25) is 9.36 Å². The van der Waals surface area contributed by atoms with Gasteiger partial charge in [-0.2, -0.15) is 4.57 Å². The van der Waals surface area contributed by atoms with Crippen molar-refractivity contribution in [1.82, 2.24) is 4.57 Å². The second-order valence-corrected chi connectivity index (χ2v) is 12.2. The quantitative estimate of drug-likeness (QED) is 0.256. The third-order valence-electron chi connectivity index (χ3n) is 6.55. The van der Waals surface area contributed by atoms with Gasteiger partial charge in [0.15, 0.2) is 12.7 Å². The molecule has 0 saturated heterocycles. The van der Waals surface area contributed by atoms with Gasteiger partial charge < -0.3 is 4.90 Å². The minimum absolute atomic E-state index is 0.102. The van der Waals surface area contributed by atoms with E-state index >= 15 is 0 Å². The molecule has 2 aliphatic rings. The molecule has 0 amide bonds. The molecule has 2 aromatic carbocycles. The summed E-state index contributed by atoms with van der Waals surface area (Å²) in [7, 11) is 2.07. The van der Waals surface area contributed by atoms with Gasteiger partial charge >= 0.3 is 0 Å². The third-order valence-corrected chi connectivity index (χ3v) is 10.7. The van der Waals surface area contributed by atoms with Crippen LogP contribution < -0.4 is 24.2 Å². The van der Waals surface area contributed by atoms with E-state index in [-0.39, 0.29) is 5.56 Å². The molecule has 4 heterocycles. The lowest BCUT2D eigenvalue weighted by molar-refractivity contribution is -0.687. The van der Waals surface area contributed by atoms with Crippen molar-refractivity contribution in [2.75, 3.05) is 18.2 Å². The molecule has 0 saturated carbocycles. The van der Waals surface area contributed by atoms with Gasteiger partial charge in [-0.05, 0) is 43.9 Å². The molecule has 0 fully saturated rings. The fourth-order valence-corrected chi connectivity index (χ4v) is 8.86. The Bertz CT molecular complexity index is 1640. The van der Waals surface area contributed by atoms with Crippen LogP contribution in [0.1, 0.15) is 28.6 Å². The molecule has 2 aliphatic heterocycles. The van der Waals surface area contributed by atoms with Crippen LogP contribution in [-0.4, -0.2) is 17.9 Å². The first kappa shape index (κ1) is 22.2. The summed E-state index contributed by atoms with van der Waals surface area (Å²) in [5.74, 6) is 0. The number of rotatable bonds is 2. The third kappa shape index (κ3) is 3.26. The molecule has 4 nitrogen and oxygen atoms in total. The number of nitrogens with zero attached hydrogens (tertiary/aromatic N) is 3. The molecule has 0 N–H and O–H groups in total. The molecule has 6 rings (SSSR count). The zero-order valence-corrected chi connectivity index (χ0v) is 22.7. The fraction of sp³-hybridized carbons (Fsp3) is 0.231. The highest BCUT2D eigenvalue weighted by molar-refractivity contribution is 8.08. The van der Waals surface area contributed by atoms with Crippen molar-refractivity contribution < 1.29 is 4.57 Å². The van der Waals surface area contributed by atoms with Gasteiger partial charge in [-0.25, -0.2) is 0 Å². The summed E-state index contributed by atoms with van der Waals surface area (Å²) in [5.41, 5.74) is 6.34. The fourth-order valence-electron chi connectivity index (χ4n) is 4.75. The maximum absolute atomic E-state index is 13.8. The van der Waals surface area contributed by atoms with Crippen LogP contribution in [0.4, 0.5) is 5.69 Å². The predicted molar refractivity (Wildman–Crippen MR) is 146 cm³/mol. The summed E-state index contributed by atoms with van der Waals surface area (Å²) in [6.45, 7) is 5.77. The van der Waals surface area contributed by atoms with Crippen LogP contribution in [-0.2, 0) is 13.1 Å². The highest BCUT2D eigenvalue weighted by Gasteiger charge is 2.32. The Morgan fingerprint density at radius 1 is 1.21 bits per heavy atom. The zero-order chi connectivity index (χ0) is 23.6. The van der Waals surface area contributed by atoms with Crippen molar-refractivity contribution >= 4 is 62.5 Å². The van der Waals surface area contributed by atoms with Crippen LogP contribution in [0.3, 0.4) is 0 Å². The van der Waals surface area contributed by atoms with Crippen molar-refractivity contribution in [1.29, 1.82) is 0 Å². The maximum Gasteiger partial charge on any atom is 0.272 e. The van der Waals surface area contributed by atoms with E-state index < -0.39 is 0 Å². The van der Waals surface area contributed by atoms with Crippen LogP contribution in [0.15, 0.2) is 62.6 Å². The van der Waals surface area contributed by atoms with Gasteiger partial charge in [-0.1, -0.05) is 41.3 Å². The number of aromatic nitrogens is 2. The average molecular weight is 523 g/mol. The predicted octanol–water partition coefficient (Wildman–Crippen LogP) is 4.23. The molecule has 0 radical (unpaired) electrons. The molecular weight excluding hydrogens is 499 g/mol. The van der Waals surface area contributed by atoms with Crippen LogP contribution in [0.5, 0.6) is 0 Å². The van der Waals surface area contributed by atoms with E-state index in [9.17, 15) is 4.79 Å². The first-order chi connectivity index (χ1) is 16.5. The van der Waals surface area contributed by atoms with Gasteiger partial charge in [0.2, 0.25) is 0 Å². The largest absolute Gasteiger partial charge is 0.337 e. The van der Waals surface area contributed by atoms with E-state index in [4.69, 9.17) is 0 Å². The minimum atomic E-state index is 0.102. The molecule has 4 aromatic rings. The minimum Gasteiger partial charge on any atom is -0.337 e. The molecule has 34 heavy (non-hydrogen) atoms. The Balaban J connectivity index is 1.68. The number of hydrogen-bond donors (Lipinski definition) is 0. The van der Waals surface area contributed by atoms with Crippen LogP contribution in [0.2, 0.25) is 0 Å². The standard InChI is InChI=1S/C26H24N3OS4/c1-5-29-23(30)22(26-27(3)19-10-9-16(31-4)13-20(19)33-26)34-25(29)21-17-8-6-7-15(2)18(17)14-28-11-12-32-24(21)28/h6-13H,5,14H2,1-4H3/q+1/b26-22+. The highest BCUT2D eigenvalue weighted by atomic mass is 32.2. The number of anilines is 1. The maximum atomic E-state index is 13.8. The summed E-state index contributed by atoms with van der Waals surface area (Å²) in [6.07, 6.45) is 4.26. The lowest BCUT2D eigenvalue weighted by Crippen LogP contribution is -2.42. The molecule has 172 valence electrons. The first-order valence-corrected chi connectivity index (χ1v) is 14.9. The van der Waals surface area contributed by atoms with E-state index in [0.29, 0.717) is 6.54 Å². The van der Waals surface area contributed by atoms with Gasteiger partial charge in [0, 0.05) is 34.5 Å². The van der Waals surface area contributed by atoms with Crippen molar-refractivity contribution in [3.05, 3.63) is 89.2 Å². The number of fused-ring (bicyclic) bond motifs is 3. The monoisotopic (exact) mass is 522 g/mol. The molecule has 0 bridgehead atoms. The highest BCUT2D eigenvalue weighted by Crippen LogP contribution is 2.46. The topological polar surface area (TPSA) is 29.1 Å². The molecule has 2 aromatic heterocycles. The lowest BCUT2D eigenvalue weighted by atomic mass is 9.94. The summed E-state index contributed by atoms with van der Waals surface area (Å²) < 4.78 is 6.16. The normalized spacial score (nSPS) is 17.6. The van der Waals surface area contributed by atoms with Gasteiger partial charge in [0.1, 0.15) is 14.2 Å². The van der Waals surface area contributed by atoms with E-state index in [1.54, 1.807) is 46.2 Å². The number of hydrogen-bond acceptors (Lipinski definition) is 6. The SMILES string of the molecule is CCn1c(=O)/c(=C2\Sc3cc(SC)ccc3N2C)s/c1=C1/c2cccc(C)c2C[n+]2ccsc21. The van der Waals surface area contributed by atoms with Crippen molar-refractivity contribution in [3.8, 4) is 0 Å². The number of thiazole rings is 2. The zero-order valence-electron chi connectivity index (χ0n) is 19.4. The Hall–Kier alpha value is -2.26. The summed E-state index contributed by atoms with van der Waals surface area (Å²) in [6, 6.07) is 13.1. The molecular formula is C26H24N3OS4+. The Morgan fingerprint density at radius 2 is 2.06 bits per heavy atom. The molecule has 0 spiro atoms. The van der Waals surface area contributed by atoms with Crippen molar-refractivity contribution in [3.63, 3.8) is 0 Å². The molecule has 0 aliphatic carbocycles. The number of benzene rings is 2. The van der Waals surface area contributed by atoms with Crippen LogP contribution in [0.25, 0.3) is 10.6 Å². The van der Waals surface area contributed by atoms with E-state index in [1.165, 1.54) is 37.1 Å². The Morgan fingerprint density at radius 3 is 2.85 bits per heavy atom. The van der Waals surface area contributed by atoms with Crippen LogP contribution >= 0.6 is 46.2 Å². The summed E-state index contributed by atoms with van der Waals surface area (Å²) in [5, 5.41) is 4.39. The molecule has 8 heteroatoms. The van der Waals surface area contributed by atoms with E-state index in [1.807, 2.05) is 4.57 Å². The molecule has 0 atom stereocenters. The average Bonchev–Trinajstić information content (AvgIpc) is 3.53. The van der Waals surface area contributed by atoms with Crippen molar-refractivity contribution in [2.45, 2.75) is 36.7 Å². The second kappa shape index (κ2) is 8.45. The van der Waals surface area contributed by atoms with Crippen LogP contribution in [0, 0.1) is 6.92 Å². The Kier molecular flexibility index (Phi) is 5.52. The summed E-state index contributed by atoms with van der Waals surface area (Å²) >= 11 is 6.84. The lowest BCUT2D eigenvalue weighted by Gasteiger charge is -2.16. The Labute approximate surface area is 214 Å². The summed E-state index contributed by atoms with van der Waals surface area (Å²) in [4.78, 5) is 18.4. The van der Waals surface area contributed by atoms with Gasteiger partial charge in [0.05, 0.1) is 16.6 Å².